The quantitative estimate of drug-likeness (QED) is 0.813. The summed E-state index contributed by atoms with van der Waals surface area (Å²) in [4.78, 5) is 13.3. The average Bonchev–Trinajstić information content (AvgIpc) is 2.38. The van der Waals surface area contributed by atoms with E-state index < -0.39 is 5.60 Å². The third kappa shape index (κ3) is 4.77. The summed E-state index contributed by atoms with van der Waals surface area (Å²) < 4.78 is 0. The number of β-amino-alcohol motifs (C(OH)–C–C–N with tert-alkyl or cyclic N) is 1. The molecule has 0 radical (unpaired) electrons. The highest BCUT2D eigenvalue weighted by Gasteiger charge is 2.32. The van der Waals surface area contributed by atoms with E-state index in [4.69, 9.17) is 0 Å². The van der Waals surface area contributed by atoms with Crippen LogP contribution in [0.25, 0.3) is 0 Å². The molecule has 0 aromatic heterocycles. The van der Waals surface area contributed by atoms with E-state index in [0.29, 0.717) is 5.92 Å². The van der Waals surface area contributed by atoms with Crippen LogP contribution in [0.5, 0.6) is 0 Å². The third-order valence-electron chi connectivity index (χ3n) is 4.65. The number of carbonyl (C=O) groups excluding carboxylic acids is 1. The monoisotopic (exact) mass is 268 g/mol. The summed E-state index contributed by atoms with van der Waals surface area (Å²) in [6.45, 7) is 5.36. The summed E-state index contributed by atoms with van der Waals surface area (Å²) in [5.74, 6) is 0.681. The van der Waals surface area contributed by atoms with E-state index in [9.17, 15) is 9.90 Å². The molecule has 2 N–H and O–H groups in total. The zero-order valence-corrected chi connectivity index (χ0v) is 12.2. The lowest BCUT2D eigenvalue weighted by molar-refractivity contribution is -0.119. The molecule has 4 heteroatoms. The van der Waals surface area contributed by atoms with Crippen LogP contribution in [-0.4, -0.2) is 47.7 Å². The molecule has 1 amide bonds. The second-order valence-electron chi connectivity index (χ2n) is 6.44. The van der Waals surface area contributed by atoms with Crippen molar-refractivity contribution in [1.82, 2.24) is 10.2 Å². The number of nitrogens with one attached hydrogen (secondary N) is 1. The first-order valence-corrected chi connectivity index (χ1v) is 7.77. The van der Waals surface area contributed by atoms with Crippen molar-refractivity contribution < 1.29 is 9.90 Å². The van der Waals surface area contributed by atoms with Gasteiger partial charge in [0, 0.05) is 20.0 Å². The molecular formula is C15H28N2O2. The molecule has 19 heavy (non-hydrogen) atoms. The highest BCUT2D eigenvalue weighted by atomic mass is 16.3. The van der Waals surface area contributed by atoms with Gasteiger partial charge in [-0.2, -0.15) is 0 Å². The maximum absolute atomic E-state index is 10.9. The maximum atomic E-state index is 10.9. The van der Waals surface area contributed by atoms with E-state index >= 15 is 0 Å². The lowest BCUT2D eigenvalue weighted by Gasteiger charge is -2.40. The number of likely N-dealkylation sites (tertiary alicyclic amines) is 1. The summed E-state index contributed by atoms with van der Waals surface area (Å²) in [6, 6.07) is 0. The number of nitrogens with zero attached hydrogens (tertiary/aromatic N) is 1. The van der Waals surface area contributed by atoms with Crippen molar-refractivity contribution in [2.75, 3.05) is 26.2 Å². The molecule has 4 nitrogen and oxygen atoms in total. The maximum Gasteiger partial charge on any atom is 0.216 e. The second kappa shape index (κ2) is 6.71. The van der Waals surface area contributed by atoms with Crippen molar-refractivity contribution in [3.8, 4) is 0 Å². The van der Waals surface area contributed by atoms with Gasteiger partial charge in [0.25, 0.3) is 0 Å². The minimum absolute atomic E-state index is 0.0685. The van der Waals surface area contributed by atoms with Crippen LogP contribution >= 0.6 is 0 Å². The summed E-state index contributed by atoms with van der Waals surface area (Å²) in [7, 11) is 0. The third-order valence-corrected chi connectivity index (χ3v) is 4.65. The van der Waals surface area contributed by atoms with Gasteiger partial charge in [0.15, 0.2) is 0 Å². The van der Waals surface area contributed by atoms with Gasteiger partial charge in [-0.15, -0.1) is 0 Å². The molecule has 2 rings (SSSR count). The van der Waals surface area contributed by atoms with E-state index in [0.717, 1.165) is 51.9 Å². The van der Waals surface area contributed by atoms with Gasteiger partial charge in [0.2, 0.25) is 5.91 Å². The van der Waals surface area contributed by atoms with E-state index in [1.807, 2.05) is 0 Å². The number of aliphatic hydroxyl groups is 1. The molecule has 1 aliphatic heterocycles. The predicted octanol–water partition coefficient (Wildman–Crippen LogP) is 1.53. The molecule has 1 aliphatic carbocycles. The SMILES string of the molecule is CC(=O)NCC1CCN(CC2(O)CCCCC2)CC1. The highest BCUT2D eigenvalue weighted by molar-refractivity contribution is 5.72. The molecule has 0 aromatic carbocycles. The second-order valence-corrected chi connectivity index (χ2v) is 6.44. The number of piperidine rings is 1. The first-order valence-electron chi connectivity index (χ1n) is 7.77. The van der Waals surface area contributed by atoms with Crippen LogP contribution in [0.2, 0.25) is 0 Å². The summed E-state index contributed by atoms with van der Waals surface area (Å²) >= 11 is 0. The van der Waals surface area contributed by atoms with Gasteiger partial charge in [-0.1, -0.05) is 19.3 Å². The van der Waals surface area contributed by atoms with Crippen molar-refractivity contribution in [2.45, 2.75) is 57.5 Å². The van der Waals surface area contributed by atoms with Gasteiger partial charge in [0.05, 0.1) is 5.60 Å². The smallest absolute Gasteiger partial charge is 0.216 e. The van der Waals surface area contributed by atoms with Crippen molar-refractivity contribution >= 4 is 5.91 Å². The van der Waals surface area contributed by atoms with Gasteiger partial charge in [-0.3, -0.25) is 4.79 Å². The Morgan fingerprint density at radius 1 is 1.26 bits per heavy atom. The number of amides is 1. The molecule has 0 unspecified atom stereocenters. The molecule has 2 fully saturated rings. The number of hydrogen-bond acceptors (Lipinski definition) is 3. The number of hydrogen-bond donors (Lipinski definition) is 2. The Labute approximate surface area is 116 Å². The van der Waals surface area contributed by atoms with Crippen molar-refractivity contribution in [1.29, 1.82) is 0 Å². The van der Waals surface area contributed by atoms with Crippen LogP contribution in [0.15, 0.2) is 0 Å². The van der Waals surface area contributed by atoms with Gasteiger partial charge < -0.3 is 15.3 Å². The molecule has 1 saturated heterocycles. The Bertz CT molecular complexity index is 293. The molecule has 1 saturated carbocycles. The molecule has 1 heterocycles. The zero-order valence-electron chi connectivity index (χ0n) is 12.2. The highest BCUT2D eigenvalue weighted by Crippen LogP contribution is 2.30. The van der Waals surface area contributed by atoms with Gasteiger partial charge in [-0.25, -0.2) is 0 Å². The lowest BCUT2D eigenvalue weighted by Crippen LogP contribution is -2.48. The Kier molecular flexibility index (Phi) is 5.22. The van der Waals surface area contributed by atoms with Crippen LogP contribution in [0, 0.1) is 5.92 Å². The van der Waals surface area contributed by atoms with Gasteiger partial charge in [-0.05, 0) is 44.7 Å². The van der Waals surface area contributed by atoms with Crippen molar-refractivity contribution in [3.05, 3.63) is 0 Å². The summed E-state index contributed by atoms with van der Waals surface area (Å²) in [5, 5.41) is 13.5. The fraction of sp³-hybridized carbons (Fsp3) is 0.933. The Morgan fingerprint density at radius 3 is 2.47 bits per heavy atom. The standard InChI is InChI=1S/C15H28N2O2/c1-13(18)16-11-14-5-9-17(10-6-14)12-15(19)7-3-2-4-8-15/h14,19H,2-12H2,1H3,(H,16,18). The van der Waals surface area contributed by atoms with Crippen LogP contribution in [0.1, 0.15) is 51.9 Å². The summed E-state index contributed by atoms with van der Waals surface area (Å²) in [6.07, 6.45) is 7.84. The van der Waals surface area contributed by atoms with Crippen molar-refractivity contribution in [3.63, 3.8) is 0 Å². The Balaban J connectivity index is 1.69. The van der Waals surface area contributed by atoms with Crippen LogP contribution in [0.3, 0.4) is 0 Å². The molecule has 0 aromatic rings. The minimum atomic E-state index is -0.428. The topological polar surface area (TPSA) is 52.6 Å². The zero-order chi connectivity index (χ0) is 13.7. The van der Waals surface area contributed by atoms with Gasteiger partial charge >= 0.3 is 0 Å². The Hall–Kier alpha value is -0.610. The molecule has 0 bridgehead atoms. The Morgan fingerprint density at radius 2 is 1.89 bits per heavy atom. The first kappa shape index (κ1) is 14.8. The molecular weight excluding hydrogens is 240 g/mol. The molecule has 0 spiro atoms. The largest absolute Gasteiger partial charge is 0.389 e. The molecule has 110 valence electrons. The summed E-state index contributed by atoms with van der Waals surface area (Å²) in [5.41, 5.74) is -0.428. The van der Waals surface area contributed by atoms with E-state index in [-0.39, 0.29) is 5.91 Å². The average molecular weight is 268 g/mol. The number of carbonyl (C=O) groups is 1. The van der Waals surface area contributed by atoms with E-state index in [1.165, 1.54) is 19.3 Å². The van der Waals surface area contributed by atoms with Crippen molar-refractivity contribution in [2.24, 2.45) is 5.92 Å². The lowest BCUT2D eigenvalue weighted by atomic mass is 9.84. The first-order chi connectivity index (χ1) is 9.07. The van der Waals surface area contributed by atoms with Crippen LogP contribution < -0.4 is 5.32 Å². The minimum Gasteiger partial charge on any atom is -0.389 e. The number of rotatable bonds is 4. The van der Waals surface area contributed by atoms with Crippen LogP contribution in [-0.2, 0) is 4.79 Å². The van der Waals surface area contributed by atoms with E-state index in [1.54, 1.807) is 6.92 Å². The predicted molar refractivity (Wildman–Crippen MR) is 75.9 cm³/mol. The molecule has 2 aliphatic rings. The van der Waals surface area contributed by atoms with Gasteiger partial charge in [0.1, 0.15) is 0 Å². The van der Waals surface area contributed by atoms with E-state index in [2.05, 4.69) is 10.2 Å². The molecule has 0 atom stereocenters. The normalized spacial score (nSPS) is 25.2. The fourth-order valence-electron chi connectivity index (χ4n) is 3.42. The van der Waals surface area contributed by atoms with Crippen LogP contribution in [0.4, 0.5) is 0 Å². The fourth-order valence-corrected chi connectivity index (χ4v) is 3.42.